The fourth-order valence-electron chi connectivity index (χ4n) is 3.12. The monoisotopic (exact) mass is 432 g/mol. The van der Waals surface area contributed by atoms with Gasteiger partial charge in [-0.1, -0.05) is 61.8 Å². The quantitative estimate of drug-likeness (QED) is 0.773. The molecule has 8 heteroatoms. The topological polar surface area (TPSA) is 83.6 Å². The molecule has 2 aromatic rings. The number of amides is 2. The molecule has 6 nitrogen and oxygen atoms in total. The van der Waals surface area contributed by atoms with Gasteiger partial charge >= 0.3 is 0 Å². The lowest BCUT2D eigenvalue weighted by Crippen LogP contribution is -2.38. The van der Waals surface area contributed by atoms with Crippen molar-refractivity contribution in [3.05, 3.63) is 70.3 Å². The summed E-state index contributed by atoms with van der Waals surface area (Å²) in [6.07, 6.45) is 0. The van der Waals surface area contributed by atoms with Crippen molar-refractivity contribution in [3.8, 4) is 0 Å². The smallest absolute Gasteiger partial charge is 0.268 e. The van der Waals surface area contributed by atoms with Crippen LogP contribution in [0.25, 0.3) is 4.91 Å². The van der Waals surface area contributed by atoms with E-state index in [0.717, 1.165) is 5.56 Å². The van der Waals surface area contributed by atoms with E-state index in [1.807, 2.05) is 26.0 Å². The number of anilines is 1. The van der Waals surface area contributed by atoms with Gasteiger partial charge in [-0.3, -0.25) is 9.59 Å². The molecule has 0 spiro atoms. The fraction of sp³-hybridized carbons (Fsp3) is 0.238. The number of carbonyl (C=O) groups is 2. The second-order valence-electron chi connectivity index (χ2n) is 7.08. The highest BCUT2D eigenvalue weighted by Gasteiger charge is 2.43. The van der Waals surface area contributed by atoms with Crippen LogP contribution in [0.1, 0.15) is 37.8 Å². The van der Waals surface area contributed by atoms with E-state index in [9.17, 15) is 18.0 Å². The van der Waals surface area contributed by atoms with Crippen LogP contribution in [0.2, 0.25) is 5.02 Å². The van der Waals surface area contributed by atoms with Gasteiger partial charge in [0.1, 0.15) is 11.4 Å². The predicted molar refractivity (Wildman–Crippen MR) is 114 cm³/mol. The Kier molecular flexibility index (Phi) is 5.82. The van der Waals surface area contributed by atoms with E-state index in [1.165, 1.54) is 6.92 Å². The number of nitrogens with zero attached hydrogens (tertiary/aromatic N) is 1. The summed E-state index contributed by atoms with van der Waals surface area (Å²) in [5.41, 5.74) is 1.92. The van der Waals surface area contributed by atoms with Crippen molar-refractivity contribution in [1.29, 1.82) is 0 Å². The van der Waals surface area contributed by atoms with E-state index in [-0.39, 0.29) is 10.5 Å². The van der Waals surface area contributed by atoms with Crippen LogP contribution in [-0.4, -0.2) is 31.1 Å². The van der Waals surface area contributed by atoms with Crippen LogP contribution < -0.4 is 5.32 Å². The molecule has 0 radical (unpaired) electrons. The Bertz CT molecular complexity index is 1110. The van der Waals surface area contributed by atoms with Crippen molar-refractivity contribution >= 4 is 44.0 Å². The predicted octanol–water partition coefficient (Wildman–Crippen LogP) is 4.01. The minimum Gasteiger partial charge on any atom is -0.323 e. The highest BCUT2D eigenvalue weighted by atomic mass is 35.5. The standard InChI is InChI=1S/C21H21ClN2O4S/c1-13(2)15-8-10-16(11-9-15)20-14(3)21(26)24(29(20,27)28)12-19(25)23-18-7-5-4-6-17(18)22/h4-11,13H,12H2,1-3H3,(H,23,25). The van der Waals surface area contributed by atoms with Crippen LogP contribution in [0.4, 0.5) is 5.69 Å². The number of para-hydroxylation sites is 1. The molecule has 0 saturated heterocycles. The first kappa shape index (κ1) is 21.1. The third kappa shape index (κ3) is 4.06. The van der Waals surface area contributed by atoms with Gasteiger partial charge in [-0.15, -0.1) is 0 Å². The van der Waals surface area contributed by atoms with Gasteiger partial charge in [0.25, 0.3) is 15.9 Å². The van der Waals surface area contributed by atoms with Crippen LogP contribution in [0.5, 0.6) is 0 Å². The van der Waals surface area contributed by atoms with E-state index in [1.54, 1.807) is 36.4 Å². The molecule has 0 saturated carbocycles. The maximum absolute atomic E-state index is 13.0. The van der Waals surface area contributed by atoms with Crippen molar-refractivity contribution in [2.75, 3.05) is 11.9 Å². The lowest BCUT2D eigenvalue weighted by atomic mass is 10.0. The van der Waals surface area contributed by atoms with E-state index in [0.29, 0.717) is 26.5 Å². The number of benzene rings is 2. The van der Waals surface area contributed by atoms with Gasteiger partial charge in [-0.05, 0) is 36.1 Å². The van der Waals surface area contributed by atoms with Gasteiger partial charge in [-0.2, -0.15) is 0 Å². The maximum atomic E-state index is 13.0. The van der Waals surface area contributed by atoms with Gasteiger partial charge in [0.2, 0.25) is 5.91 Å². The zero-order valence-corrected chi connectivity index (χ0v) is 17.8. The number of hydrogen-bond acceptors (Lipinski definition) is 4. The Morgan fingerprint density at radius 2 is 1.72 bits per heavy atom. The maximum Gasteiger partial charge on any atom is 0.268 e. The summed E-state index contributed by atoms with van der Waals surface area (Å²) in [5.74, 6) is -1.06. The number of rotatable bonds is 5. The molecule has 1 aliphatic rings. The Morgan fingerprint density at radius 3 is 2.31 bits per heavy atom. The third-order valence-corrected chi connectivity index (χ3v) is 6.97. The van der Waals surface area contributed by atoms with Crippen LogP contribution in [0.3, 0.4) is 0 Å². The number of carbonyl (C=O) groups excluding carboxylic acids is 2. The second-order valence-corrected chi connectivity index (χ2v) is 9.28. The van der Waals surface area contributed by atoms with Crippen LogP contribution in [-0.2, 0) is 19.6 Å². The average Bonchev–Trinajstić information content (AvgIpc) is 2.83. The summed E-state index contributed by atoms with van der Waals surface area (Å²) in [4.78, 5) is 24.9. The lowest BCUT2D eigenvalue weighted by Gasteiger charge is -2.17. The van der Waals surface area contributed by atoms with E-state index < -0.39 is 28.4 Å². The largest absolute Gasteiger partial charge is 0.323 e. The minimum atomic E-state index is -4.14. The number of halogens is 1. The van der Waals surface area contributed by atoms with E-state index in [4.69, 9.17) is 11.6 Å². The highest BCUT2D eigenvalue weighted by Crippen LogP contribution is 2.36. The molecule has 2 amide bonds. The molecule has 0 fully saturated rings. The molecule has 29 heavy (non-hydrogen) atoms. The van der Waals surface area contributed by atoms with Gasteiger partial charge in [0.15, 0.2) is 0 Å². The van der Waals surface area contributed by atoms with Crippen molar-refractivity contribution < 1.29 is 18.0 Å². The normalized spacial score (nSPS) is 15.9. The average molecular weight is 433 g/mol. The first-order valence-electron chi connectivity index (χ1n) is 9.05. The summed E-state index contributed by atoms with van der Waals surface area (Å²) in [6, 6.07) is 13.6. The van der Waals surface area contributed by atoms with E-state index in [2.05, 4.69) is 5.32 Å². The molecule has 1 N–H and O–H groups in total. The molecule has 0 aromatic heterocycles. The molecular formula is C21H21ClN2O4S. The minimum absolute atomic E-state index is 0.0663. The first-order chi connectivity index (χ1) is 13.6. The van der Waals surface area contributed by atoms with Crippen LogP contribution >= 0.6 is 11.6 Å². The Balaban J connectivity index is 1.85. The summed E-state index contributed by atoms with van der Waals surface area (Å²) in [7, 11) is -4.14. The summed E-state index contributed by atoms with van der Waals surface area (Å²) in [5, 5.41) is 2.85. The van der Waals surface area contributed by atoms with Gasteiger partial charge in [0, 0.05) is 5.57 Å². The zero-order chi connectivity index (χ0) is 21.3. The van der Waals surface area contributed by atoms with Gasteiger partial charge in [-0.25, -0.2) is 12.7 Å². The molecule has 1 heterocycles. The number of sulfonamides is 1. The fourth-order valence-corrected chi connectivity index (χ4v) is 5.08. The Hall–Kier alpha value is -2.64. The molecule has 0 bridgehead atoms. The number of nitrogens with one attached hydrogen (secondary N) is 1. The van der Waals surface area contributed by atoms with Crippen LogP contribution in [0.15, 0.2) is 54.1 Å². The summed E-state index contributed by atoms with van der Waals surface area (Å²) in [6.45, 7) is 4.90. The molecule has 2 aromatic carbocycles. The molecule has 152 valence electrons. The van der Waals surface area contributed by atoms with Crippen molar-refractivity contribution in [2.45, 2.75) is 26.7 Å². The first-order valence-corrected chi connectivity index (χ1v) is 10.9. The molecule has 1 aliphatic heterocycles. The molecule has 3 rings (SSSR count). The number of hydrogen-bond donors (Lipinski definition) is 1. The van der Waals surface area contributed by atoms with Gasteiger partial charge < -0.3 is 5.32 Å². The lowest BCUT2D eigenvalue weighted by molar-refractivity contribution is -0.126. The highest BCUT2D eigenvalue weighted by molar-refractivity contribution is 7.99. The van der Waals surface area contributed by atoms with Crippen molar-refractivity contribution in [2.24, 2.45) is 0 Å². The summed E-state index contributed by atoms with van der Waals surface area (Å²) >= 11 is 6.01. The van der Waals surface area contributed by atoms with E-state index >= 15 is 0 Å². The third-order valence-electron chi connectivity index (χ3n) is 4.71. The summed E-state index contributed by atoms with van der Waals surface area (Å²) < 4.78 is 26.7. The molecule has 0 atom stereocenters. The SMILES string of the molecule is CC1=C(c2ccc(C(C)C)cc2)S(=O)(=O)N(CC(=O)Nc2ccccc2Cl)C1=O. The second kappa shape index (κ2) is 8.00. The Labute approximate surface area is 175 Å². The van der Waals surface area contributed by atoms with Gasteiger partial charge in [0.05, 0.1) is 10.7 Å². The van der Waals surface area contributed by atoms with Crippen LogP contribution in [0, 0.1) is 0 Å². The molecular weight excluding hydrogens is 412 g/mol. The van der Waals surface area contributed by atoms with Crippen molar-refractivity contribution in [1.82, 2.24) is 4.31 Å². The molecule has 0 aliphatic carbocycles. The molecule has 0 unspecified atom stereocenters. The van der Waals surface area contributed by atoms with Crippen molar-refractivity contribution in [3.63, 3.8) is 0 Å². The zero-order valence-electron chi connectivity index (χ0n) is 16.3. The Morgan fingerprint density at radius 1 is 1.10 bits per heavy atom.